The molecule has 102 valence electrons. The van der Waals surface area contributed by atoms with Gasteiger partial charge in [-0.05, 0) is 17.7 Å². The molecule has 3 nitrogen and oxygen atoms in total. The van der Waals surface area contributed by atoms with Crippen LogP contribution in [0.15, 0.2) is 48.5 Å². The van der Waals surface area contributed by atoms with Crippen LogP contribution < -0.4 is 5.32 Å². The summed E-state index contributed by atoms with van der Waals surface area (Å²) in [7, 11) is 0. The molecule has 0 bridgehead atoms. The summed E-state index contributed by atoms with van der Waals surface area (Å²) in [4.78, 5) is 12.1. The number of hydrogen-bond donors (Lipinski definition) is 1. The van der Waals surface area contributed by atoms with E-state index in [0.717, 1.165) is 11.3 Å². The maximum Gasteiger partial charge on any atom is 0.315 e. The van der Waals surface area contributed by atoms with E-state index in [9.17, 15) is 9.18 Å². The number of para-hydroxylation sites is 1. The third kappa shape index (κ3) is 2.37. The Balaban J connectivity index is 1.68. The monoisotopic (exact) mass is 271 g/mol. The van der Waals surface area contributed by atoms with Gasteiger partial charge in [0, 0.05) is 17.8 Å². The number of anilines is 1. The molecule has 0 amide bonds. The zero-order valence-electron chi connectivity index (χ0n) is 10.8. The molecule has 2 aromatic rings. The Hall–Kier alpha value is -2.36. The summed E-state index contributed by atoms with van der Waals surface area (Å²) < 4.78 is 18.7. The van der Waals surface area contributed by atoms with Gasteiger partial charge in [-0.2, -0.15) is 0 Å². The molecule has 20 heavy (non-hydrogen) atoms. The minimum Gasteiger partial charge on any atom is -0.460 e. The molecule has 1 heterocycles. The van der Waals surface area contributed by atoms with Crippen molar-refractivity contribution >= 4 is 11.7 Å². The van der Waals surface area contributed by atoms with Crippen LogP contribution in [0.25, 0.3) is 0 Å². The van der Waals surface area contributed by atoms with Gasteiger partial charge < -0.3 is 10.1 Å². The third-order valence-electron chi connectivity index (χ3n) is 3.45. The number of nitrogens with one attached hydrogen (secondary N) is 1. The number of carbonyl (C=O) groups is 1. The molecular weight excluding hydrogens is 257 g/mol. The Bertz CT molecular complexity index is 642. The molecule has 1 unspecified atom stereocenters. The van der Waals surface area contributed by atoms with Crippen LogP contribution in [0.2, 0.25) is 0 Å². The molecule has 1 aliphatic rings. The van der Waals surface area contributed by atoms with Gasteiger partial charge in [-0.3, -0.25) is 4.79 Å². The van der Waals surface area contributed by atoms with E-state index in [0.29, 0.717) is 12.1 Å². The van der Waals surface area contributed by atoms with Crippen molar-refractivity contribution in [3.05, 3.63) is 65.5 Å². The molecular formula is C16H14FNO2. The van der Waals surface area contributed by atoms with Crippen molar-refractivity contribution in [3.63, 3.8) is 0 Å². The number of carbonyl (C=O) groups excluding carboxylic acids is 1. The van der Waals surface area contributed by atoms with E-state index < -0.39 is 0 Å². The first-order chi connectivity index (χ1) is 9.75. The largest absolute Gasteiger partial charge is 0.460 e. The Morgan fingerprint density at radius 1 is 1.20 bits per heavy atom. The Morgan fingerprint density at radius 3 is 2.80 bits per heavy atom. The Morgan fingerprint density at radius 2 is 1.95 bits per heavy atom. The van der Waals surface area contributed by atoms with Gasteiger partial charge in [0.25, 0.3) is 0 Å². The van der Waals surface area contributed by atoms with Crippen molar-refractivity contribution in [2.24, 2.45) is 0 Å². The van der Waals surface area contributed by atoms with E-state index >= 15 is 0 Å². The molecule has 1 N–H and O–H groups in total. The molecule has 1 atom stereocenters. The number of esters is 1. The summed E-state index contributed by atoms with van der Waals surface area (Å²) in [6.45, 7) is 0.486. The van der Waals surface area contributed by atoms with Crippen LogP contribution in [0.5, 0.6) is 0 Å². The second-order valence-corrected chi connectivity index (χ2v) is 4.72. The van der Waals surface area contributed by atoms with Gasteiger partial charge >= 0.3 is 5.97 Å². The van der Waals surface area contributed by atoms with Crippen LogP contribution in [0.3, 0.4) is 0 Å². The highest BCUT2D eigenvalue weighted by molar-refractivity contribution is 5.83. The fourth-order valence-electron chi connectivity index (χ4n) is 2.36. The van der Waals surface area contributed by atoms with Crippen molar-refractivity contribution in [1.29, 1.82) is 0 Å². The van der Waals surface area contributed by atoms with Crippen LogP contribution in [-0.2, 0) is 16.1 Å². The van der Waals surface area contributed by atoms with Gasteiger partial charge in [0.05, 0.1) is 0 Å². The average Bonchev–Trinajstić information content (AvgIpc) is 2.90. The molecule has 1 aliphatic heterocycles. The lowest BCUT2D eigenvalue weighted by molar-refractivity contribution is -0.146. The zero-order valence-corrected chi connectivity index (χ0v) is 10.8. The second kappa shape index (κ2) is 5.33. The van der Waals surface area contributed by atoms with E-state index in [1.807, 2.05) is 24.3 Å². The fraction of sp³-hybridized carbons (Fsp3) is 0.188. The van der Waals surface area contributed by atoms with Gasteiger partial charge in [-0.15, -0.1) is 0 Å². The summed E-state index contributed by atoms with van der Waals surface area (Å²) >= 11 is 0. The lowest BCUT2D eigenvalue weighted by atomic mass is 10.0. The highest BCUT2D eigenvalue weighted by Crippen LogP contribution is 2.31. The van der Waals surface area contributed by atoms with Crippen molar-refractivity contribution < 1.29 is 13.9 Å². The SMILES string of the molecule is O=C(OCc1ccccc1F)C1CNc2ccccc21. The highest BCUT2D eigenvalue weighted by Gasteiger charge is 2.29. The predicted octanol–water partition coefficient (Wildman–Crippen LogP) is 3.08. The van der Waals surface area contributed by atoms with E-state index in [4.69, 9.17) is 4.74 Å². The van der Waals surface area contributed by atoms with Crippen molar-refractivity contribution in [1.82, 2.24) is 0 Å². The van der Waals surface area contributed by atoms with Crippen LogP contribution in [0.1, 0.15) is 17.0 Å². The first kappa shape index (κ1) is 12.7. The summed E-state index contributed by atoms with van der Waals surface area (Å²) in [6, 6.07) is 13.9. The molecule has 0 aromatic heterocycles. The molecule has 4 heteroatoms. The van der Waals surface area contributed by atoms with Crippen LogP contribution >= 0.6 is 0 Å². The molecule has 0 saturated carbocycles. The van der Waals surface area contributed by atoms with Crippen molar-refractivity contribution in [3.8, 4) is 0 Å². The lowest BCUT2D eigenvalue weighted by Gasteiger charge is -2.11. The summed E-state index contributed by atoms with van der Waals surface area (Å²) in [5.41, 5.74) is 2.28. The number of rotatable bonds is 3. The Kier molecular flexibility index (Phi) is 3.37. The van der Waals surface area contributed by atoms with E-state index in [1.165, 1.54) is 6.07 Å². The number of hydrogen-bond acceptors (Lipinski definition) is 3. The fourth-order valence-corrected chi connectivity index (χ4v) is 2.36. The molecule has 0 fully saturated rings. The van der Waals surface area contributed by atoms with Gasteiger partial charge in [-0.25, -0.2) is 4.39 Å². The summed E-state index contributed by atoms with van der Waals surface area (Å²) in [5, 5.41) is 3.17. The number of benzene rings is 2. The molecule has 0 saturated heterocycles. The summed E-state index contributed by atoms with van der Waals surface area (Å²) in [6.07, 6.45) is 0. The van der Waals surface area contributed by atoms with Crippen molar-refractivity contribution in [2.45, 2.75) is 12.5 Å². The molecule has 0 spiro atoms. The third-order valence-corrected chi connectivity index (χ3v) is 3.45. The first-order valence-corrected chi connectivity index (χ1v) is 6.48. The van der Waals surface area contributed by atoms with E-state index in [-0.39, 0.29) is 24.3 Å². The Labute approximate surface area is 116 Å². The zero-order chi connectivity index (χ0) is 13.9. The number of fused-ring (bicyclic) bond motifs is 1. The smallest absolute Gasteiger partial charge is 0.315 e. The maximum absolute atomic E-state index is 13.5. The molecule has 0 aliphatic carbocycles. The molecule has 2 aromatic carbocycles. The first-order valence-electron chi connectivity index (χ1n) is 6.48. The van der Waals surface area contributed by atoms with Gasteiger partial charge in [0.1, 0.15) is 18.3 Å². The van der Waals surface area contributed by atoms with Gasteiger partial charge in [0.2, 0.25) is 0 Å². The van der Waals surface area contributed by atoms with Crippen molar-refractivity contribution in [2.75, 3.05) is 11.9 Å². The predicted molar refractivity (Wildman–Crippen MR) is 73.9 cm³/mol. The second-order valence-electron chi connectivity index (χ2n) is 4.72. The van der Waals surface area contributed by atoms with Crippen LogP contribution in [0, 0.1) is 5.82 Å². The normalized spacial score (nSPS) is 16.4. The van der Waals surface area contributed by atoms with Gasteiger partial charge in [-0.1, -0.05) is 36.4 Å². The van der Waals surface area contributed by atoms with E-state index in [1.54, 1.807) is 18.2 Å². The highest BCUT2D eigenvalue weighted by atomic mass is 19.1. The minimum atomic E-state index is -0.356. The standard InChI is InChI=1S/C16H14FNO2/c17-14-7-3-1-5-11(14)10-20-16(19)13-9-18-15-8-4-2-6-12(13)15/h1-8,13,18H,9-10H2. The van der Waals surface area contributed by atoms with Crippen LogP contribution in [-0.4, -0.2) is 12.5 Å². The average molecular weight is 271 g/mol. The summed E-state index contributed by atoms with van der Waals surface area (Å²) in [5.74, 6) is -1.01. The number of halogens is 1. The van der Waals surface area contributed by atoms with Crippen LogP contribution in [0.4, 0.5) is 10.1 Å². The molecule has 3 rings (SSSR count). The molecule has 0 radical (unpaired) electrons. The van der Waals surface area contributed by atoms with E-state index in [2.05, 4.69) is 5.32 Å². The minimum absolute atomic E-state index is 0.0375. The van der Waals surface area contributed by atoms with Gasteiger partial charge in [0.15, 0.2) is 0 Å². The quantitative estimate of drug-likeness (QED) is 0.872. The maximum atomic E-state index is 13.5. The number of ether oxygens (including phenoxy) is 1. The topological polar surface area (TPSA) is 38.3 Å². The lowest BCUT2D eigenvalue weighted by Crippen LogP contribution is -2.17.